The highest BCUT2D eigenvalue weighted by molar-refractivity contribution is 6.57. The predicted octanol–water partition coefficient (Wildman–Crippen LogP) is -1.59. The van der Waals surface area contributed by atoms with Crippen LogP contribution in [0.25, 0.3) is 0 Å². The molecular weight excluding hydrogens is 131 g/mol. The minimum atomic E-state index is -1.46. The summed E-state index contributed by atoms with van der Waals surface area (Å²) in [6.07, 6.45) is 0. The highest BCUT2D eigenvalue weighted by atomic mass is 16.4. The molecule has 0 saturated heterocycles. The molecule has 1 aromatic heterocycles. The maximum absolute atomic E-state index is 8.64. The van der Waals surface area contributed by atoms with E-state index in [2.05, 4.69) is 5.10 Å². The van der Waals surface area contributed by atoms with E-state index in [1.54, 1.807) is 17.8 Å². The van der Waals surface area contributed by atoms with Crippen molar-refractivity contribution in [1.29, 1.82) is 0 Å². The molecule has 0 spiro atoms. The standard InChI is InChI=1S/C5H9BN2O2/c1-4-3-5(6(9)10)7-8(4)2/h3,9-10H,1-2H3. The Kier molecular flexibility index (Phi) is 1.78. The molecule has 0 saturated carbocycles. The molecule has 4 nitrogen and oxygen atoms in total. The van der Waals surface area contributed by atoms with Gasteiger partial charge in [0, 0.05) is 12.7 Å². The molecule has 0 aliphatic heterocycles. The van der Waals surface area contributed by atoms with Gasteiger partial charge in [0.2, 0.25) is 0 Å². The summed E-state index contributed by atoms with van der Waals surface area (Å²) in [4.78, 5) is 0. The molecule has 1 heterocycles. The molecule has 2 N–H and O–H groups in total. The third-order valence-corrected chi connectivity index (χ3v) is 1.40. The van der Waals surface area contributed by atoms with E-state index >= 15 is 0 Å². The molecule has 0 aliphatic carbocycles. The van der Waals surface area contributed by atoms with E-state index in [9.17, 15) is 0 Å². The van der Waals surface area contributed by atoms with Crippen LogP contribution in [0.4, 0.5) is 0 Å². The third kappa shape index (κ3) is 1.20. The zero-order chi connectivity index (χ0) is 7.72. The lowest BCUT2D eigenvalue weighted by Crippen LogP contribution is -2.31. The van der Waals surface area contributed by atoms with E-state index in [1.165, 1.54) is 0 Å². The van der Waals surface area contributed by atoms with Gasteiger partial charge in [-0.15, -0.1) is 0 Å². The Morgan fingerprint density at radius 3 is 2.40 bits per heavy atom. The predicted molar refractivity (Wildman–Crippen MR) is 37.8 cm³/mol. The van der Waals surface area contributed by atoms with Crippen LogP contribution < -0.4 is 5.59 Å². The summed E-state index contributed by atoms with van der Waals surface area (Å²) in [5, 5.41) is 21.1. The molecule has 0 aromatic carbocycles. The second-order valence-electron chi connectivity index (χ2n) is 2.21. The topological polar surface area (TPSA) is 58.3 Å². The first-order valence-corrected chi connectivity index (χ1v) is 2.98. The van der Waals surface area contributed by atoms with E-state index in [-0.39, 0.29) is 0 Å². The van der Waals surface area contributed by atoms with Crippen LogP contribution in [-0.2, 0) is 7.05 Å². The van der Waals surface area contributed by atoms with E-state index in [0.29, 0.717) is 5.59 Å². The quantitative estimate of drug-likeness (QED) is 0.462. The fourth-order valence-corrected chi connectivity index (χ4v) is 0.715. The van der Waals surface area contributed by atoms with Gasteiger partial charge in [0.1, 0.15) is 0 Å². The van der Waals surface area contributed by atoms with Gasteiger partial charge in [-0.25, -0.2) is 0 Å². The van der Waals surface area contributed by atoms with Crippen LogP contribution in [0.15, 0.2) is 6.07 Å². The van der Waals surface area contributed by atoms with Crippen molar-refractivity contribution in [3.05, 3.63) is 11.8 Å². The van der Waals surface area contributed by atoms with Crippen molar-refractivity contribution in [3.8, 4) is 0 Å². The maximum atomic E-state index is 8.64. The normalized spacial score (nSPS) is 10.0. The number of aryl methyl sites for hydroxylation is 2. The molecule has 1 rings (SSSR count). The summed E-state index contributed by atoms with van der Waals surface area (Å²) in [5.74, 6) is 0. The molecule has 0 aliphatic rings. The van der Waals surface area contributed by atoms with Gasteiger partial charge in [-0.2, -0.15) is 5.10 Å². The molecule has 1 aromatic rings. The van der Waals surface area contributed by atoms with Crippen LogP contribution >= 0.6 is 0 Å². The van der Waals surface area contributed by atoms with Gasteiger partial charge >= 0.3 is 7.12 Å². The number of hydrogen-bond donors (Lipinski definition) is 2. The lowest BCUT2D eigenvalue weighted by molar-refractivity contribution is 0.423. The Hall–Kier alpha value is -0.805. The Bertz CT molecular complexity index is 214. The van der Waals surface area contributed by atoms with Crippen LogP contribution in [0, 0.1) is 6.92 Å². The van der Waals surface area contributed by atoms with Gasteiger partial charge < -0.3 is 10.0 Å². The fraction of sp³-hybridized carbons (Fsp3) is 0.400. The van der Waals surface area contributed by atoms with Crippen LogP contribution in [0.5, 0.6) is 0 Å². The molecule has 10 heavy (non-hydrogen) atoms. The monoisotopic (exact) mass is 140 g/mol. The molecule has 0 unspecified atom stereocenters. The van der Waals surface area contributed by atoms with Crippen molar-refractivity contribution in [3.63, 3.8) is 0 Å². The van der Waals surface area contributed by atoms with Crippen molar-refractivity contribution < 1.29 is 10.0 Å². The zero-order valence-corrected chi connectivity index (χ0v) is 5.94. The van der Waals surface area contributed by atoms with Crippen molar-refractivity contribution in [2.45, 2.75) is 6.92 Å². The molecule has 0 radical (unpaired) electrons. The summed E-state index contributed by atoms with van der Waals surface area (Å²) < 4.78 is 1.59. The Labute approximate surface area is 59.2 Å². The van der Waals surface area contributed by atoms with Gasteiger partial charge in [0.05, 0.1) is 5.59 Å². The summed E-state index contributed by atoms with van der Waals surface area (Å²) in [6.45, 7) is 1.85. The first-order valence-electron chi connectivity index (χ1n) is 2.98. The molecule has 0 atom stereocenters. The Morgan fingerprint density at radius 1 is 1.60 bits per heavy atom. The lowest BCUT2D eigenvalue weighted by atomic mass is 9.86. The zero-order valence-electron chi connectivity index (χ0n) is 5.94. The molecule has 0 amide bonds. The fourth-order valence-electron chi connectivity index (χ4n) is 0.715. The Balaban J connectivity index is 2.98. The van der Waals surface area contributed by atoms with E-state index in [0.717, 1.165) is 5.69 Å². The van der Waals surface area contributed by atoms with Crippen molar-refractivity contribution >= 4 is 12.7 Å². The lowest BCUT2D eigenvalue weighted by Gasteiger charge is -1.89. The smallest absolute Gasteiger partial charge is 0.422 e. The summed E-state index contributed by atoms with van der Waals surface area (Å²) in [6, 6.07) is 1.63. The van der Waals surface area contributed by atoms with Crippen LogP contribution in [0.1, 0.15) is 5.69 Å². The number of nitrogens with zero attached hydrogens (tertiary/aromatic N) is 2. The van der Waals surface area contributed by atoms with E-state index in [1.807, 2.05) is 6.92 Å². The molecule has 54 valence electrons. The minimum absolute atomic E-state index is 0.292. The van der Waals surface area contributed by atoms with Crippen molar-refractivity contribution in [2.24, 2.45) is 7.05 Å². The molecule has 0 fully saturated rings. The third-order valence-electron chi connectivity index (χ3n) is 1.40. The minimum Gasteiger partial charge on any atom is -0.422 e. The SMILES string of the molecule is Cc1cc(B(O)O)nn1C. The van der Waals surface area contributed by atoms with Gasteiger partial charge in [-0.1, -0.05) is 0 Å². The highest BCUT2D eigenvalue weighted by Gasteiger charge is 2.14. The van der Waals surface area contributed by atoms with E-state index < -0.39 is 7.12 Å². The van der Waals surface area contributed by atoms with Crippen molar-refractivity contribution in [1.82, 2.24) is 9.78 Å². The van der Waals surface area contributed by atoms with Crippen LogP contribution in [-0.4, -0.2) is 26.9 Å². The van der Waals surface area contributed by atoms with Gasteiger partial charge in [-0.05, 0) is 13.0 Å². The van der Waals surface area contributed by atoms with Crippen LogP contribution in [0.2, 0.25) is 0 Å². The number of rotatable bonds is 1. The highest BCUT2D eigenvalue weighted by Crippen LogP contribution is 1.89. The number of aromatic nitrogens is 2. The van der Waals surface area contributed by atoms with Gasteiger partial charge in [-0.3, -0.25) is 4.68 Å². The average Bonchev–Trinajstić information content (AvgIpc) is 2.13. The summed E-state index contributed by atoms with van der Waals surface area (Å²) in [5.41, 5.74) is 1.20. The van der Waals surface area contributed by atoms with Gasteiger partial charge in [0.25, 0.3) is 0 Å². The first kappa shape index (κ1) is 7.30. The summed E-state index contributed by atoms with van der Waals surface area (Å²) in [7, 11) is 0.293. The maximum Gasteiger partial charge on any atom is 0.510 e. The Morgan fingerprint density at radius 2 is 2.20 bits per heavy atom. The second-order valence-corrected chi connectivity index (χ2v) is 2.21. The van der Waals surface area contributed by atoms with Gasteiger partial charge in [0.15, 0.2) is 0 Å². The van der Waals surface area contributed by atoms with Crippen molar-refractivity contribution in [2.75, 3.05) is 0 Å². The summed E-state index contributed by atoms with van der Waals surface area (Å²) >= 11 is 0. The molecule has 5 heteroatoms. The second kappa shape index (κ2) is 2.44. The van der Waals surface area contributed by atoms with E-state index in [4.69, 9.17) is 10.0 Å². The largest absolute Gasteiger partial charge is 0.510 e. The number of hydrogen-bond acceptors (Lipinski definition) is 3. The molecule has 0 bridgehead atoms. The molecular formula is C5H9BN2O2. The van der Waals surface area contributed by atoms with Crippen LogP contribution in [0.3, 0.4) is 0 Å². The first-order chi connectivity index (χ1) is 4.61. The average molecular weight is 140 g/mol.